The van der Waals surface area contributed by atoms with Crippen molar-refractivity contribution in [2.24, 2.45) is 0 Å². The van der Waals surface area contributed by atoms with Gasteiger partial charge in [-0.05, 0) is 54.4 Å². The topological polar surface area (TPSA) is 12.5 Å². The fourth-order valence-corrected chi connectivity index (χ4v) is 2.83. The molecule has 0 spiro atoms. The highest BCUT2D eigenvalue weighted by Crippen LogP contribution is 2.21. The Bertz CT molecular complexity index is 781. The first-order valence-corrected chi connectivity index (χ1v) is 8.19. The van der Waals surface area contributed by atoms with Gasteiger partial charge in [-0.15, -0.1) is 0 Å². The van der Waals surface area contributed by atoms with Crippen molar-refractivity contribution in [2.45, 2.75) is 13.8 Å². The smallest absolute Gasteiger partial charge is 0.120 e. The van der Waals surface area contributed by atoms with Crippen LogP contribution in [0.5, 0.6) is 5.75 Å². The van der Waals surface area contributed by atoms with Crippen molar-refractivity contribution in [3.05, 3.63) is 72.3 Å². The summed E-state index contributed by atoms with van der Waals surface area (Å²) < 4.78 is 5.96. The lowest BCUT2D eigenvalue weighted by atomic mass is 10.1. The predicted octanol–water partition coefficient (Wildman–Crippen LogP) is 5.05. The lowest BCUT2D eigenvalue weighted by molar-refractivity contribution is 0.324. The van der Waals surface area contributed by atoms with Crippen LogP contribution in [0.15, 0.2) is 66.7 Å². The summed E-state index contributed by atoms with van der Waals surface area (Å²) in [5.74, 6) is 0.934. The monoisotopic (exact) mass is 305 g/mol. The minimum atomic E-state index is 0.681. The molecule has 0 saturated carbocycles. The van der Waals surface area contributed by atoms with Gasteiger partial charge in [0.15, 0.2) is 0 Å². The standard InChI is InChI=1S/C21H23NO/c1-3-22(20-10-6-7-17(2)15-20)13-14-23-21-12-11-18-8-4-5-9-19(18)16-21/h4-12,15-16H,3,13-14H2,1-2H3. The summed E-state index contributed by atoms with van der Waals surface area (Å²) in [4.78, 5) is 2.34. The SMILES string of the molecule is CCN(CCOc1ccc2ccccc2c1)c1cccc(C)c1. The zero-order valence-corrected chi connectivity index (χ0v) is 13.8. The molecule has 0 saturated heterocycles. The van der Waals surface area contributed by atoms with Crippen LogP contribution in [-0.2, 0) is 0 Å². The molecule has 2 heteroatoms. The summed E-state index contributed by atoms with van der Waals surface area (Å²) in [6.45, 7) is 6.85. The van der Waals surface area contributed by atoms with Crippen LogP contribution < -0.4 is 9.64 Å². The van der Waals surface area contributed by atoms with E-state index in [0.29, 0.717) is 6.61 Å². The van der Waals surface area contributed by atoms with E-state index in [2.05, 4.69) is 79.4 Å². The maximum atomic E-state index is 5.96. The molecule has 3 rings (SSSR count). The minimum Gasteiger partial charge on any atom is -0.492 e. The number of ether oxygens (including phenoxy) is 1. The predicted molar refractivity (Wildman–Crippen MR) is 98.5 cm³/mol. The molecule has 3 aromatic rings. The largest absolute Gasteiger partial charge is 0.492 e. The molecule has 0 atom stereocenters. The van der Waals surface area contributed by atoms with Gasteiger partial charge >= 0.3 is 0 Å². The molecular formula is C21H23NO. The normalized spacial score (nSPS) is 10.7. The van der Waals surface area contributed by atoms with E-state index in [1.807, 2.05) is 6.07 Å². The highest BCUT2D eigenvalue weighted by Gasteiger charge is 2.05. The van der Waals surface area contributed by atoms with E-state index in [4.69, 9.17) is 4.74 Å². The van der Waals surface area contributed by atoms with E-state index < -0.39 is 0 Å². The van der Waals surface area contributed by atoms with Crippen LogP contribution in [0.4, 0.5) is 5.69 Å². The van der Waals surface area contributed by atoms with Crippen molar-refractivity contribution in [2.75, 3.05) is 24.6 Å². The average molecular weight is 305 g/mol. The van der Waals surface area contributed by atoms with Gasteiger partial charge in [-0.1, -0.05) is 42.5 Å². The number of benzene rings is 3. The van der Waals surface area contributed by atoms with Crippen LogP contribution in [0, 0.1) is 6.92 Å². The number of hydrogen-bond donors (Lipinski definition) is 0. The fraction of sp³-hybridized carbons (Fsp3) is 0.238. The fourth-order valence-electron chi connectivity index (χ4n) is 2.83. The Morgan fingerprint density at radius 3 is 2.48 bits per heavy atom. The first-order valence-electron chi connectivity index (χ1n) is 8.19. The van der Waals surface area contributed by atoms with Gasteiger partial charge in [0.2, 0.25) is 0 Å². The van der Waals surface area contributed by atoms with Crippen molar-refractivity contribution in [3.8, 4) is 5.75 Å². The van der Waals surface area contributed by atoms with Crippen LogP contribution >= 0.6 is 0 Å². The van der Waals surface area contributed by atoms with E-state index in [-0.39, 0.29) is 0 Å². The first-order chi connectivity index (χ1) is 11.3. The molecule has 0 aliphatic rings. The van der Waals surface area contributed by atoms with Crippen LogP contribution in [0.1, 0.15) is 12.5 Å². The second-order valence-electron chi connectivity index (χ2n) is 5.78. The number of aryl methyl sites for hydroxylation is 1. The highest BCUT2D eigenvalue weighted by molar-refractivity contribution is 5.83. The molecule has 0 N–H and O–H groups in total. The van der Waals surface area contributed by atoms with Crippen LogP contribution in [-0.4, -0.2) is 19.7 Å². The van der Waals surface area contributed by atoms with Crippen LogP contribution in [0.2, 0.25) is 0 Å². The molecule has 0 aliphatic heterocycles. The van der Waals surface area contributed by atoms with Crippen molar-refractivity contribution >= 4 is 16.5 Å². The number of hydrogen-bond acceptors (Lipinski definition) is 2. The third kappa shape index (κ3) is 3.84. The molecule has 0 radical (unpaired) electrons. The Kier molecular flexibility index (Phi) is 4.82. The lowest BCUT2D eigenvalue weighted by Crippen LogP contribution is -2.28. The van der Waals surface area contributed by atoms with E-state index in [1.165, 1.54) is 22.0 Å². The van der Waals surface area contributed by atoms with Gasteiger partial charge in [0.05, 0.1) is 6.54 Å². The molecule has 118 valence electrons. The Morgan fingerprint density at radius 1 is 0.870 bits per heavy atom. The molecule has 0 heterocycles. The molecule has 0 fully saturated rings. The summed E-state index contributed by atoms with van der Waals surface area (Å²) in [7, 11) is 0. The molecule has 0 aromatic heterocycles. The Morgan fingerprint density at radius 2 is 1.70 bits per heavy atom. The summed E-state index contributed by atoms with van der Waals surface area (Å²) in [5, 5.41) is 2.46. The van der Waals surface area contributed by atoms with Crippen LogP contribution in [0.25, 0.3) is 10.8 Å². The van der Waals surface area contributed by atoms with E-state index in [0.717, 1.165) is 18.8 Å². The van der Waals surface area contributed by atoms with E-state index >= 15 is 0 Å². The third-order valence-electron chi connectivity index (χ3n) is 4.10. The molecule has 3 aromatic carbocycles. The Hall–Kier alpha value is -2.48. The number of nitrogens with zero attached hydrogens (tertiary/aromatic N) is 1. The minimum absolute atomic E-state index is 0.681. The van der Waals surface area contributed by atoms with Gasteiger partial charge in [0.1, 0.15) is 12.4 Å². The quantitative estimate of drug-likeness (QED) is 0.631. The number of fused-ring (bicyclic) bond motifs is 1. The summed E-state index contributed by atoms with van der Waals surface area (Å²) >= 11 is 0. The zero-order valence-electron chi connectivity index (χ0n) is 13.8. The lowest BCUT2D eigenvalue weighted by Gasteiger charge is -2.23. The maximum absolute atomic E-state index is 5.96. The molecule has 0 aliphatic carbocycles. The first kappa shape index (κ1) is 15.4. The second-order valence-corrected chi connectivity index (χ2v) is 5.78. The van der Waals surface area contributed by atoms with Crippen molar-refractivity contribution in [1.82, 2.24) is 0 Å². The Balaban J connectivity index is 1.62. The van der Waals surface area contributed by atoms with Gasteiger partial charge < -0.3 is 9.64 Å². The summed E-state index contributed by atoms with van der Waals surface area (Å²) in [5.41, 5.74) is 2.55. The number of anilines is 1. The second kappa shape index (κ2) is 7.19. The van der Waals surface area contributed by atoms with Gasteiger partial charge in [-0.3, -0.25) is 0 Å². The molecule has 0 amide bonds. The van der Waals surface area contributed by atoms with Crippen LogP contribution in [0.3, 0.4) is 0 Å². The molecular weight excluding hydrogens is 282 g/mol. The third-order valence-corrected chi connectivity index (χ3v) is 4.10. The molecule has 0 unspecified atom stereocenters. The number of likely N-dealkylation sites (N-methyl/N-ethyl adjacent to an activating group) is 1. The van der Waals surface area contributed by atoms with Gasteiger partial charge in [0, 0.05) is 12.2 Å². The Labute approximate surface area is 138 Å². The van der Waals surface area contributed by atoms with Crippen molar-refractivity contribution in [3.63, 3.8) is 0 Å². The average Bonchev–Trinajstić information content (AvgIpc) is 2.58. The molecule has 0 bridgehead atoms. The zero-order chi connectivity index (χ0) is 16.1. The highest BCUT2D eigenvalue weighted by atomic mass is 16.5. The van der Waals surface area contributed by atoms with Gasteiger partial charge in [-0.2, -0.15) is 0 Å². The van der Waals surface area contributed by atoms with Crippen molar-refractivity contribution < 1.29 is 4.74 Å². The maximum Gasteiger partial charge on any atom is 0.120 e. The number of rotatable bonds is 6. The van der Waals surface area contributed by atoms with E-state index in [9.17, 15) is 0 Å². The van der Waals surface area contributed by atoms with E-state index in [1.54, 1.807) is 0 Å². The summed E-state index contributed by atoms with van der Waals surface area (Å²) in [6, 6.07) is 23.2. The van der Waals surface area contributed by atoms with Gasteiger partial charge in [-0.25, -0.2) is 0 Å². The molecule has 2 nitrogen and oxygen atoms in total. The summed E-state index contributed by atoms with van der Waals surface area (Å²) in [6.07, 6.45) is 0. The molecule has 23 heavy (non-hydrogen) atoms. The van der Waals surface area contributed by atoms with Crippen molar-refractivity contribution in [1.29, 1.82) is 0 Å². The van der Waals surface area contributed by atoms with Gasteiger partial charge in [0.25, 0.3) is 0 Å².